The summed E-state index contributed by atoms with van der Waals surface area (Å²) in [5, 5.41) is 19.2. The molecule has 146 valence electrons. The van der Waals surface area contributed by atoms with E-state index in [-0.39, 0.29) is 24.7 Å². The van der Waals surface area contributed by atoms with Crippen molar-refractivity contribution in [3.05, 3.63) is 63.9 Å². The second kappa shape index (κ2) is 8.74. The molecule has 11 heteroatoms. The van der Waals surface area contributed by atoms with Crippen LogP contribution in [0.15, 0.2) is 47.4 Å². The van der Waals surface area contributed by atoms with Crippen LogP contribution in [0.25, 0.3) is 0 Å². The van der Waals surface area contributed by atoms with Gasteiger partial charge in [0.15, 0.2) is 5.84 Å². The maximum absolute atomic E-state index is 11.6. The van der Waals surface area contributed by atoms with Crippen LogP contribution in [-0.4, -0.2) is 43.4 Å². The van der Waals surface area contributed by atoms with Gasteiger partial charge in [-0.15, -0.1) is 5.10 Å². The first-order chi connectivity index (χ1) is 13.5. The lowest BCUT2D eigenvalue weighted by molar-refractivity contribution is -0.385. The Balaban J connectivity index is 1.91. The predicted molar refractivity (Wildman–Crippen MR) is 104 cm³/mol. The number of nitrogens with one attached hydrogen (secondary N) is 1. The molecule has 1 aliphatic rings. The molecule has 1 atom stereocenters. The third-order valence-electron chi connectivity index (χ3n) is 3.85. The fraction of sp³-hybridized carbons (Fsp3) is 0.294. The van der Waals surface area contributed by atoms with Crippen molar-refractivity contribution in [3.63, 3.8) is 0 Å². The molecule has 3 rings (SSSR count). The molecule has 1 unspecified atom stereocenters. The normalized spacial score (nSPS) is 16.0. The fourth-order valence-corrected chi connectivity index (χ4v) is 2.99. The molecule has 0 fully saturated rings. The van der Waals surface area contributed by atoms with Crippen LogP contribution in [0.5, 0.6) is 0 Å². The van der Waals surface area contributed by atoms with E-state index in [2.05, 4.69) is 36.3 Å². The summed E-state index contributed by atoms with van der Waals surface area (Å²) in [6.07, 6.45) is 3.21. The largest absolute Gasteiger partial charge is 0.465 e. The summed E-state index contributed by atoms with van der Waals surface area (Å²) in [4.78, 5) is 31.3. The number of para-hydroxylation sites is 1. The molecule has 0 spiro atoms. The molecule has 0 saturated heterocycles. The Morgan fingerprint density at radius 3 is 2.93 bits per heavy atom. The molecule has 1 aromatic carbocycles. The highest BCUT2D eigenvalue weighted by atomic mass is 79.9. The lowest BCUT2D eigenvalue weighted by Gasteiger charge is -2.20. The second-order valence-corrected chi connectivity index (χ2v) is 6.32. The van der Waals surface area contributed by atoms with Gasteiger partial charge < -0.3 is 10.1 Å². The minimum Gasteiger partial charge on any atom is -0.465 e. The fourth-order valence-electron chi connectivity index (χ4n) is 2.67. The van der Waals surface area contributed by atoms with E-state index in [0.717, 1.165) is 5.70 Å². The zero-order chi connectivity index (χ0) is 20.1. The van der Waals surface area contributed by atoms with Gasteiger partial charge in [0.1, 0.15) is 18.9 Å². The van der Waals surface area contributed by atoms with Gasteiger partial charge in [0, 0.05) is 17.1 Å². The zero-order valence-electron chi connectivity index (χ0n) is 14.9. The summed E-state index contributed by atoms with van der Waals surface area (Å²) in [6, 6.07) is 5.89. The van der Waals surface area contributed by atoms with E-state index in [1.54, 1.807) is 31.2 Å². The van der Waals surface area contributed by atoms with Crippen molar-refractivity contribution in [2.24, 2.45) is 4.99 Å². The van der Waals surface area contributed by atoms with Gasteiger partial charge in [-0.1, -0.05) is 28.1 Å². The van der Waals surface area contributed by atoms with Crippen molar-refractivity contribution in [2.45, 2.75) is 19.5 Å². The van der Waals surface area contributed by atoms with E-state index in [4.69, 9.17) is 4.74 Å². The molecule has 0 amide bonds. The number of nitrogens with zero attached hydrogens (tertiary/aromatic N) is 5. The molecule has 1 aliphatic heterocycles. The standard InChI is InChI=1S/C17H17BrN6O4/c1-2-28-15(25)9-23-10-19-16(22-23)17-20-11(8-18)7-13(21-17)12-5-3-4-6-14(12)24(26)27/h3-7,10,13H,2,8-9H2,1H3,(H,20,21). The number of aromatic nitrogens is 3. The lowest BCUT2D eigenvalue weighted by Crippen LogP contribution is -2.30. The van der Waals surface area contributed by atoms with Crippen LogP contribution < -0.4 is 5.32 Å². The Morgan fingerprint density at radius 2 is 2.21 bits per heavy atom. The highest BCUT2D eigenvalue weighted by molar-refractivity contribution is 9.09. The van der Waals surface area contributed by atoms with Crippen molar-refractivity contribution in [3.8, 4) is 0 Å². The van der Waals surface area contributed by atoms with Crippen LogP contribution in [-0.2, 0) is 16.1 Å². The van der Waals surface area contributed by atoms with E-state index < -0.39 is 16.9 Å². The molecule has 1 aromatic heterocycles. The first kappa shape index (κ1) is 19.7. The molecule has 10 nitrogen and oxygen atoms in total. The lowest BCUT2D eigenvalue weighted by atomic mass is 10.0. The van der Waals surface area contributed by atoms with E-state index in [9.17, 15) is 14.9 Å². The predicted octanol–water partition coefficient (Wildman–Crippen LogP) is 2.12. The van der Waals surface area contributed by atoms with Crippen molar-refractivity contribution in [1.29, 1.82) is 0 Å². The van der Waals surface area contributed by atoms with Gasteiger partial charge in [-0.25, -0.2) is 9.67 Å². The molecule has 28 heavy (non-hydrogen) atoms. The SMILES string of the molecule is CCOC(=O)Cn1cnc(C2=NC(c3ccccc3[N+](=O)[O-])C=C(CBr)N2)n1. The number of hydrogen-bond donors (Lipinski definition) is 1. The molecule has 0 bridgehead atoms. The summed E-state index contributed by atoms with van der Waals surface area (Å²) in [7, 11) is 0. The molecular formula is C17H17BrN6O4. The second-order valence-electron chi connectivity index (χ2n) is 5.76. The summed E-state index contributed by atoms with van der Waals surface area (Å²) in [5.74, 6) is 0.221. The van der Waals surface area contributed by atoms with Crippen LogP contribution >= 0.6 is 15.9 Å². The van der Waals surface area contributed by atoms with Gasteiger partial charge in [0.25, 0.3) is 5.69 Å². The van der Waals surface area contributed by atoms with E-state index in [1.165, 1.54) is 17.1 Å². The maximum Gasteiger partial charge on any atom is 0.327 e. The number of carbonyl (C=O) groups is 1. The molecule has 0 aliphatic carbocycles. The summed E-state index contributed by atoms with van der Waals surface area (Å²) in [5.41, 5.74) is 1.23. The van der Waals surface area contributed by atoms with E-state index in [0.29, 0.717) is 16.7 Å². The van der Waals surface area contributed by atoms with Crippen molar-refractivity contribution in [1.82, 2.24) is 20.1 Å². The Morgan fingerprint density at radius 1 is 1.43 bits per heavy atom. The molecule has 2 aromatic rings. The summed E-state index contributed by atoms with van der Waals surface area (Å²) < 4.78 is 6.24. The third-order valence-corrected chi connectivity index (χ3v) is 4.45. The molecular weight excluding hydrogens is 432 g/mol. The quantitative estimate of drug-likeness (QED) is 0.297. The Hall–Kier alpha value is -3.08. The van der Waals surface area contributed by atoms with Crippen molar-refractivity contribution in [2.75, 3.05) is 11.9 Å². The molecule has 1 N–H and O–H groups in total. The van der Waals surface area contributed by atoms with Gasteiger partial charge in [0.2, 0.25) is 5.82 Å². The third kappa shape index (κ3) is 4.42. The van der Waals surface area contributed by atoms with E-state index >= 15 is 0 Å². The topological polar surface area (TPSA) is 125 Å². The van der Waals surface area contributed by atoms with Crippen LogP contribution in [0.2, 0.25) is 0 Å². The van der Waals surface area contributed by atoms with E-state index in [1.807, 2.05) is 0 Å². The number of ether oxygens (including phenoxy) is 1. The Kier molecular flexibility index (Phi) is 6.14. The van der Waals surface area contributed by atoms with Gasteiger partial charge in [-0.2, -0.15) is 0 Å². The summed E-state index contributed by atoms with van der Waals surface area (Å²) in [6.45, 7) is 1.94. The van der Waals surface area contributed by atoms with Crippen LogP contribution in [0.3, 0.4) is 0 Å². The van der Waals surface area contributed by atoms with Crippen molar-refractivity contribution >= 4 is 33.4 Å². The Bertz CT molecular complexity index is 955. The maximum atomic E-state index is 11.6. The average molecular weight is 449 g/mol. The number of carbonyl (C=O) groups excluding carboxylic acids is 1. The van der Waals surface area contributed by atoms with Crippen LogP contribution in [0, 0.1) is 10.1 Å². The number of halogens is 1. The first-order valence-electron chi connectivity index (χ1n) is 8.42. The van der Waals surface area contributed by atoms with Crippen LogP contribution in [0.4, 0.5) is 5.69 Å². The number of alkyl halides is 1. The summed E-state index contributed by atoms with van der Waals surface area (Å²) >= 11 is 3.39. The van der Waals surface area contributed by atoms with Gasteiger partial charge in [-0.05, 0) is 19.1 Å². The number of benzene rings is 1. The zero-order valence-corrected chi connectivity index (χ0v) is 16.5. The first-order valence-corrected chi connectivity index (χ1v) is 9.54. The minimum atomic E-state index is -0.567. The van der Waals surface area contributed by atoms with Crippen LogP contribution in [0.1, 0.15) is 24.4 Å². The molecule has 0 radical (unpaired) electrons. The number of allylic oxidation sites excluding steroid dienone is 1. The number of aliphatic imine (C=N–C) groups is 1. The number of amidine groups is 1. The number of nitro groups is 1. The van der Waals surface area contributed by atoms with Gasteiger partial charge in [-0.3, -0.25) is 19.9 Å². The smallest absolute Gasteiger partial charge is 0.327 e. The number of esters is 1. The number of nitro benzene ring substituents is 1. The highest BCUT2D eigenvalue weighted by Gasteiger charge is 2.25. The highest BCUT2D eigenvalue weighted by Crippen LogP contribution is 2.31. The average Bonchev–Trinajstić information content (AvgIpc) is 3.16. The Labute approximate surface area is 168 Å². The van der Waals surface area contributed by atoms with Gasteiger partial charge in [0.05, 0.1) is 17.1 Å². The number of rotatable bonds is 7. The molecule has 2 heterocycles. The van der Waals surface area contributed by atoms with Gasteiger partial charge >= 0.3 is 5.97 Å². The minimum absolute atomic E-state index is 0.0107. The number of hydrogen-bond acceptors (Lipinski definition) is 8. The monoisotopic (exact) mass is 448 g/mol. The van der Waals surface area contributed by atoms with Crippen molar-refractivity contribution < 1.29 is 14.5 Å². The molecule has 0 saturated carbocycles.